The van der Waals surface area contributed by atoms with Crippen LogP contribution in [0.1, 0.15) is 110 Å². The van der Waals surface area contributed by atoms with Crippen LogP contribution in [0.4, 0.5) is 11.4 Å². The van der Waals surface area contributed by atoms with Gasteiger partial charge in [0, 0.05) is 60.3 Å². The minimum Gasteiger partial charge on any atom is -0.465 e. The Bertz CT molecular complexity index is 1990. The quantitative estimate of drug-likeness (QED) is 0.110. The fourth-order valence-electron chi connectivity index (χ4n) is 8.73. The van der Waals surface area contributed by atoms with Gasteiger partial charge in [-0.15, -0.1) is 10.2 Å². The van der Waals surface area contributed by atoms with Crippen LogP contribution < -0.4 is 9.80 Å². The number of hydrogen-bond donors (Lipinski definition) is 0. The van der Waals surface area contributed by atoms with E-state index in [4.69, 9.17) is 23.7 Å². The number of anilines is 2. The first-order valence-corrected chi connectivity index (χ1v) is 20.0. The average Bonchev–Trinajstić information content (AvgIpc) is 3.90. The fourth-order valence-corrected chi connectivity index (χ4v) is 8.73. The maximum absolute atomic E-state index is 12.8. The molecule has 2 aliphatic rings. The number of carbonyl (C=O) groups is 4. The highest BCUT2D eigenvalue weighted by atomic mass is 16.5. The second-order valence-electron chi connectivity index (χ2n) is 15.0. The van der Waals surface area contributed by atoms with Crippen molar-refractivity contribution in [1.29, 1.82) is 0 Å². The summed E-state index contributed by atoms with van der Waals surface area (Å²) in [6.07, 6.45) is 5.16. The van der Waals surface area contributed by atoms with Crippen molar-refractivity contribution in [2.45, 2.75) is 91.8 Å². The van der Waals surface area contributed by atoms with E-state index in [2.05, 4.69) is 48.3 Å². The summed E-state index contributed by atoms with van der Waals surface area (Å²) >= 11 is 0. The summed E-state index contributed by atoms with van der Waals surface area (Å²) in [7, 11) is 2.68. The van der Waals surface area contributed by atoms with Gasteiger partial charge in [0.25, 0.3) is 0 Å². The van der Waals surface area contributed by atoms with E-state index in [1.807, 2.05) is 22.2 Å². The molecule has 0 N–H and O–H groups in total. The van der Waals surface area contributed by atoms with Crippen LogP contribution in [-0.4, -0.2) is 106 Å². The Hall–Kier alpha value is -5.52. The number of esters is 2. The first kappa shape index (κ1) is 43.1. The van der Waals surface area contributed by atoms with E-state index in [9.17, 15) is 19.2 Å². The molecule has 0 radical (unpaired) electrons. The number of carbonyl (C=O) groups excluding carboxylic acids is 4. The number of aromatic nitrogens is 6. The molecule has 0 aliphatic carbocycles. The van der Waals surface area contributed by atoms with Crippen LogP contribution in [0, 0.1) is 11.8 Å². The van der Waals surface area contributed by atoms with Gasteiger partial charge >= 0.3 is 11.9 Å². The second kappa shape index (κ2) is 19.0. The van der Waals surface area contributed by atoms with Gasteiger partial charge in [0.2, 0.25) is 11.8 Å². The van der Waals surface area contributed by atoms with E-state index in [0.717, 1.165) is 35.3 Å². The number of ether oxygens (including phenoxy) is 5. The van der Waals surface area contributed by atoms with E-state index < -0.39 is 11.9 Å². The van der Waals surface area contributed by atoms with Gasteiger partial charge in [-0.1, -0.05) is 38.1 Å². The molecule has 2 aliphatic heterocycles. The predicted octanol–water partition coefficient (Wildman–Crippen LogP) is 4.93. The van der Waals surface area contributed by atoms with Crippen LogP contribution in [-0.2, 0) is 46.5 Å². The van der Waals surface area contributed by atoms with Crippen molar-refractivity contribution in [1.82, 2.24) is 30.0 Å². The van der Waals surface area contributed by atoms with Crippen LogP contribution >= 0.6 is 0 Å². The van der Waals surface area contributed by atoms with E-state index in [1.54, 1.807) is 59.6 Å². The van der Waals surface area contributed by atoms with Gasteiger partial charge in [0.15, 0.2) is 0 Å². The smallest absolute Gasteiger partial charge is 0.337 e. The Kier molecular flexibility index (Phi) is 13.9. The first-order chi connectivity index (χ1) is 28.4. The van der Waals surface area contributed by atoms with E-state index in [-0.39, 0.29) is 61.0 Å². The molecule has 0 saturated carbocycles. The summed E-state index contributed by atoms with van der Waals surface area (Å²) in [5, 5.41) is 17.6. The lowest BCUT2D eigenvalue weighted by Crippen LogP contribution is -2.49. The highest BCUT2D eigenvalue weighted by molar-refractivity contribution is 5.97. The molecule has 2 amide bonds. The zero-order valence-electron chi connectivity index (χ0n) is 35.0. The van der Waals surface area contributed by atoms with Gasteiger partial charge in [-0.05, 0) is 49.2 Å². The molecule has 0 spiro atoms. The number of hydrogen-bond acceptors (Lipinski definition) is 13. The molecular formula is C42H54N8O9. The van der Waals surface area contributed by atoms with E-state index in [1.165, 1.54) is 14.2 Å². The van der Waals surface area contributed by atoms with Crippen LogP contribution in [0.5, 0.6) is 0 Å². The molecule has 0 bridgehead atoms. The summed E-state index contributed by atoms with van der Waals surface area (Å²) in [4.78, 5) is 54.1. The summed E-state index contributed by atoms with van der Waals surface area (Å²) in [6, 6.07) is 9.82. The molecular weight excluding hydrogens is 761 g/mol. The molecule has 2 aromatic heterocycles. The van der Waals surface area contributed by atoms with Crippen LogP contribution in [0.15, 0.2) is 48.8 Å². The largest absolute Gasteiger partial charge is 0.465 e. The van der Waals surface area contributed by atoms with Crippen molar-refractivity contribution in [3.8, 4) is 0 Å². The average molecular weight is 815 g/mol. The second-order valence-corrected chi connectivity index (χ2v) is 15.0. The van der Waals surface area contributed by atoms with E-state index in [0.29, 0.717) is 48.9 Å². The summed E-state index contributed by atoms with van der Waals surface area (Å²) in [6.45, 7) is 13.2. The van der Waals surface area contributed by atoms with Gasteiger partial charge in [-0.25, -0.2) is 19.0 Å². The van der Waals surface area contributed by atoms with Crippen molar-refractivity contribution in [2.24, 2.45) is 11.8 Å². The summed E-state index contributed by atoms with van der Waals surface area (Å²) in [5.74, 6) is -1.10. The number of benzene rings is 2. The van der Waals surface area contributed by atoms with Crippen molar-refractivity contribution >= 4 is 35.1 Å². The monoisotopic (exact) mass is 814 g/mol. The fraction of sp³-hybridized carbons (Fsp3) is 0.524. The maximum atomic E-state index is 12.8. The molecule has 6 rings (SSSR count). The van der Waals surface area contributed by atoms with Crippen molar-refractivity contribution in [2.75, 3.05) is 50.4 Å². The third-order valence-electron chi connectivity index (χ3n) is 11.4. The summed E-state index contributed by atoms with van der Waals surface area (Å²) in [5.41, 5.74) is 5.14. The van der Waals surface area contributed by atoms with Gasteiger partial charge in [-0.2, -0.15) is 0 Å². The third-order valence-corrected chi connectivity index (χ3v) is 11.4. The normalized spacial score (nSPS) is 21.2. The van der Waals surface area contributed by atoms with Crippen molar-refractivity contribution < 1.29 is 42.9 Å². The molecule has 316 valence electrons. The number of amides is 2. The molecule has 2 aromatic carbocycles. The zero-order chi connectivity index (χ0) is 42.4. The molecule has 0 saturated heterocycles. The topological polar surface area (TPSA) is 182 Å². The Labute approximate surface area is 343 Å². The Morgan fingerprint density at radius 3 is 1.36 bits per heavy atom. The Morgan fingerprint density at radius 1 is 0.610 bits per heavy atom. The molecule has 2 unspecified atom stereocenters. The third kappa shape index (κ3) is 8.91. The lowest BCUT2D eigenvalue weighted by Gasteiger charge is -2.44. The standard InChI is InChI=1S/C42H54N8O9/c1-9-35-25(3)39(33-19-29(41(53)55-7)11-13-37(33)49(35)27(5)51)47-21-31(43-45-47)23-58-17-15-57-16-18-59-24-32-22-48(46-44-32)40-26(4)36(10-2)50(28(6)52)38-14-12-30(20-34(38)40)42(54)56-8/h11-14,19-22,25-26,35-36,39-40H,9-10,15-18,23-24H2,1-8H3/t25-,26-,35+,36?,39?,40+/m1/s1. The van der Waals surface area contributed by atoms with Gasteiger partial charge < -0.3 is 33.5 Å². The number of rotatable bonds is 16. The van der Waals surface area contributed by atoms with Gasteiger partial charge in [0.1, 0.15) is 11.4 Å². The van der Waals surface area contributed by atoms with Gasteiger partial charge in [-0.3, -0.25) is 9.59 Å². The molecule has 0 fully saturated rings. The van der Waals surface area contributed by atoms with E-state index >= 15 is 0 Å². The number of fused-ring (bicyclic) bond motifs is 2. The first-order valence-electron chi connectivity index (χ1n) is 20.0. The number of nitrogens with zero attached hydrogens (tertiary/aromatic N) is 8. The minimum atomic E-state index is -0.457. The van der Waals surface area contributed by atoms with Gasteiger partial charge in [0.05, 0.1) is 89.5 Å². The Balaban J connectivity index is 0.990. The predicted molar refractivity (Wildman–Crippen MR) is 215 cm³/mol. The summed E-state index contributed by atoms with van der Waals surface area (Å²) < 4.78 is 30.9. The molecule has 4 heterocycles. The number of methoxy groups -OCH3 is 2. The zero-order valence-corrected chi connectivity index (χ0v) is 35.0. The SMILES string of the molecule is CCC1[C@@H](C)[C@H](n2cc(COCCOCCOCc3cn(C4c5cc(C(=O)OC)ccc5N(C(C)=O)[C@@H](CC)[C@H]4C)nn3)nn2)c2cc(C(=O)OC)ccc2N1C(C)=O. The Morgan fingerprint density at radius 2 is 1.00 bits per heavy atom. The van der Waals surface area contributed by atoms with Crippen molar-refractivity contribution in [3.63, 3.8) is 0 Å². The lowest BCUT2D eigenvalue weighted by atomic mass is 9.80. The molecule has 59 heavy (non-hydrogen) atoms. The van der Waals surface area contributed by atoms with Crippen LogP contribution in [0.3, 0.4) is 0 Å². The highest BCUT2D eigenvalue weighted by Gasteiger charge is 2.43. The molecule has 6 atom stereocenters. The molecule has 17 heteroatoms. The van der Waals surface area contributed by atoms with Crippen LogP contribution in [0.2, 0.25) is 0 Å². The molecule has 4 aromatic rings. The lowest BCUT2D eigenvalue weighted by molar-refractivity contribution is -0.118. The minimum absolute atomic E-state index is 0.0306. The van der Waals surface area contributed by atoms with Crippen LogP contribution in [0.25, 0.3) is 0 Å². The maximum Gasteiger partial charge on any atom is 0.337 e. The highest BCUT2D eigenvalue weighted by Crippen LogP contribution is 2.45. The molecule has 17 nitrogen and oxygen atoms in total. The van der Waals surface area contributed by atoms with Crippen molar-refractivity contribution in [3.05, 3.63) is 82.4 Å².